The second kappa shape index (κ2) is 2.51. The van der Waals surface area contributed by atoms with Crippen LogP contribution in [0, 0.1) is 5.92 Å². The molecule has 3 aliphatic rings. The van der Waals surface area contributed by atoms with Crippen LogP contribution in [0.15, 0.2) is 0 Å². The molecule has 0 atom stereocenters. The smallest absolute Gasteiger partial charge is 0.00608 e. The maximum atomic E-state index is 3.45. The molecule has 0 aromatic carbocycles. The topological polar surface area (TPSA) is 12.0 Å². The van der Waals surface area contributed by atoms with Gasteiger partial charge in [0.15, 0.2) is 0 Å². The van der Waals surface area contributed by atoms with Crippen LogP contribution in [0.1, 0.15) is 12.8 Å². The molecule has 1 aliphatic carbocycles. The summed E-state index contributed by atoms with van der Waals surface area (Å²) >= 11 is 2.16. The molecule has 2 aliphatic heterocycles. The number of fused-ring (bicyclic) bond motifs is 4. The molecule has 0 amide bonds. The number of rotatable bonds is 0. The van der Waals surface area contributed by atoms with Gasteiger partial charge in [0.25, 0.3) is 0 Å². The van der Waals surface area contributed by atoms with E-state index >= 15 is 0 Å². The van der Waals surface area contributed by atoms with Gasteiger partial charge in [-0.3, -0.25) is 0 Å². The normalized spacial score (nSPS) is 42.7. The summed E-state index contributed by atoms with van der Waals surface area (Å²) in [5.41, 5.74) is 0. The van der Waals surface area contributed by atoms with Gasteiger partial charge in [-0.1, -0.05) is 0 Å². The molecule has 0 spiro atoms. The molecule has 2 bridgehead atoms. The van der Waals surface area contributed by atoms with E-state index in [2.05, 4.69) is 17.1 Å². The quantitative estimate of drug-likeness (QED) is 0.545. The van der Waals surface area contributed by atoms with Crippen LogP contribution in [-0.4, -0.2) is 24.1 Å². The minimum Gasteiger partial charge on any atom is -0.316 e. The molecule has 0 radical (unpaired) electrons. The van der Waals surface area contributed by atoms with Crippen molar-refractivity contribution in [2.45, 2.75) is 18.1 Å². The van der Waals surface area contributed by atoms with Crippen LogP contribution in [0.2, 0.25) is 0 Å². The molecule has 3 fully saturated rings. The molecule has 2 heteroatoms. The van der Waals surface area contributed by atoms with Crippen LogP contribution in [0.25, 0.3) is 0 Å². The van der Waals surface area contributed by atoms with Crippen LogP contribution < -0.4 is 5.32 Å². The zero-order valence-corrected chi connectivity index (χ0v) is 6.41. The number of hydrogen-bond donors (Lipinski definition) is 1. The predicted octanol–water partition coefficient (Wildman–Crippen LogP) is 1.10. The van der Waals surface area contributed by atoms with E-state index < -0.39 is 0 Å². The van der Waals surface area contributed by atoms with Gasteiger partial charge in [0.05, 0.1) is 0 Å². The van der Waals surface area contributed by atoms with Crippen molar-refractivity contribution in [2.24, 2.45) is 5.92 Å². The molecule has 0 aromatic heterocycles. The molecule has 1 N–H and O–H groups in total. The fourth-order valence-corrected chi connectivity index (χ4v) is 2.99. The highest BCUT2D eigenvalue weighted by atomic mass is 32.2. The summed E-state index contributed by atoms with van der Waals surface area (Å²) in [6.45, 7) is 2.52. The second-order valence-electron chi connectivity index (χ2n) is 3.03. The first kappa shape index (κ1) is 6.05. The lowest BCUT2D eigenvalue weighted by molar-refractivity contribution is 0.311. The van der Waals surface area contributed by atoms with E-state index in [1.54, 1.807) is 0 Å². The van der Waals surface area contributed by atoms with E-state index in [9.17, 15) is 0 Å². The Balaban J connectivity index is 1.85. The summed E-state index contributed by atoms with van der Waals surface area (Å²) in [4.78, 5) is 0. The van der Waals surface area contributed by atoms with Crippen LogP contribution in [0.5, 0.6) is 0 Å². The standard InChI is InChI=1S/C7H13NS/c1-2-9-7-3-6(4-7)5-8-1/h6-8H,1-5H2. The van der Waals surface area contributed by atoms with Crippen LogP contribution >= 0.6 is 11.8 Å². The molecule has 2 heterocycles. The Morgan fingerprint density at radius 1 is 1.33 bits per heavy atom. The third-order valence-electron chi connectivity index (χ3n) is 2.26. The van der Waals surface area contributed by atoms with Crippen molar-refractivity contribution in [1.29, 1.82) is 0 Å². The Morgan fingerprint density at radius 2 is 2.22 bits per heavy atom. The Hall–Kier alpha value is 0.310. The highest BCUT2D eigenvalue weighted by molar-refractivity contribution is 7.99. The van der Waals surface area contributed by atoms with Crippen LogP contribution in [0.4, 0.5) is 0 Å². The van der Waals surface area contributed by atoms with E-state index in [1.807, 2.05) is 0 Å². The van der Waals surface area contributed by atoms with E-state index in [4.69, 9.17) is 0 Å². The van der Waals surface area contributed by atoms with Gasteiger partial charge in [-0.05, 0) is 25.3 Å². The fraction of sp³-hybridized carbons (Fsp3) is 1.00. The summed E-state index contributed by atoms with van der Waals surface area (Å²) in [7, 11) is 0. The molecular formula is C7H13NS. The van der Waals surface area contributed by atoms with Crippen molar-refractivity contribution in [3.05, 3.63) is 0 Å². The zero-order chi connectivity index (χ0) is 6.10. The lowest BCUT2D eigenvalue weighted by Crippen LogP contribution is -2.38. The number of thioether (sulfide) groups is 1. The predicted molar refractivity (Wildman–Crippen MR) is 41.8 cm³/mol. The lowest BCUT2D eigenvalue weighted by atomic mass is 9.85. The molecule has 52 valence electrons. The van der Waals surface area contributed by atoms with Gasteiger partial charge in [0.1, 0.15) is 0 Å². The molecule has 9 heavy (non-hydrogen) atoms. The molecule has 0 aromatic rings. The first-order valence-electron chi connectivity index (χ1n) is 3.77. The largest absolute Gasteiger partial charge is 0.316 e. The summed E-state index contributed by atoms with van der Waals surface area (Å²) in [6, 6.07) is 0. The van der Waals surface area contributed by atoms with Crippen molar-refractivity contribution in [2.75, 3.05) is 18.8 Å². The van der Waals surface area contributed by atoms with E-state index in [0.29, 0.717) is 0 Å². The summed E-state index contributed by atoms with van der Waals surface area (Å²) in [5, 5.41) is 4.49. The summed E-state index contributed by atoms with van der Waals surface area (Å²) < 4.78 is 0. The van der Waals surface area contributed by atoms with Crippen molar-refractivity contribution < 1.29 is 0 Å². The summed E-state index contributed by atoms with van der Waals surface area (Å²) in [6.07, 6.45) is 2.97. The monoisotopic (exact) mass is 143 g/mol. The van der Waals surface area contributed by atoms with E-state index in [1.165, 1.54) is 31.7 Å². The van der Waals surface area contributed by atoms with Gasteiger partial charge in [0.2, 0.25) is 0 Å². The Kier molecular flexibility index (Phi) is 1.68. The molecule has 1 saturated carbocycles. The minimum atomic E-state index is 1.03. The molecule has 2 saturated heterocycles. The number of hydrogen-bond acceptors (Lipinski definition) is 2. The third-order valence-corrected chi connectivity index (χ3v) is 3.55. The van der Waals surface area contributed by atoms with Gasteiger partial charge >= 0.3 is 0 Å². The van der Waals surface area contributed by atoms with E-state index in [0.717, 1.165) is 11.2 Å². The lowest BCUT2D eigenvalue weighted by Gasteiger charge is -2.37. The van der Waals surface area contributed by atoms with Crippen molar-refractivity contribution >= 4 is 11.8 Å². The highest BCUT2D eigenvalue weighted by Crippen LogP contribution is 2.37. The Bertz CT molecular complexity index is 83.6. The maximum Gasteiger partial charge on any atom is 0.00608 e. The van der Waals surface area contributed by atoms with Crippen LogP contribution in [0.3, 0.4) is 0 Å². The average molecular weight is 143 g/mol. The molecular weight excluding hydrogens is 130 g/mol. The van der Waals surface area contributed by atoms with Gasteiger partial charge < -0.3 is 5.32 Å². The van der Waals surface area contributed by atoms with Gasteiger partial charge in [-0.15, -0.1) is 0 Å². The Morgan fingerprint density at radius 3 is 3.11 bits per heavy atom. The van der Waals surface area contributed by atoms with E-state index in [-0.39, 0.29) is 0 Å². The number of nitrogens with one attached hydrogen (secondary N) is 1. The maximum absolute atomic E-state index is 3.45. The van der Waals surface area contributed by atoms with Crippen molar-refractivity contribution in [3.8, 4) is 0 Å². The fourth-order valence-electron chi connectivity index (χ4n) is 1.58. The molecule has 1 nitrogen and oxygen atoms in total. The average Bonchev–Trinajstić information content (AvgIpc) is 1.54. The van der Waals surface area contributed by atoms with Gasteiger partial charge in [-0.25, -0.2) is 0 Å². The SMILES string of the molecule is C1CSC2CC(CN1)C2. The van der Waals surface area contributed by atoms with Gasteiger partial charge in [-0.2, -0.15) is 11.8 Å². The molecule has 3 rings (SSSR count). The van der Waals surface area contributed by atoms with Crippen LogP contribution in [-0.2, 0) is 0 Å². The summed E-state index contributed by atoms with van der Waals surface area (Å²) in [5.74, 6) is 2.36. The molecule has 0 unspecified atom stereocenters. The van der Waals surface area contributed by atoms with Crippen molar-refractivity contribution in [1.82, 2.24) is 5.32 Å². The Labute approximate surface area is 60.6 Å². The first-order valence-corrected chi connectivity index (χ1v) is 4.82. The second-order valence-corrected chi connectivity index (χ2v) is 4.44. The third kappa shape index (κ3) is 1.24. The minimum absolute atomic E-state index is 1.03. The highest BCUT2D eigenvalue weighted by Gasteiger charge is 2.29. The van der Waals surface area contributed by atoms with Crippen molar-refractivity contribution in [3.63, 3.8) is 0 Å². The zero-order valence-electron chi connectivity index (χ0n) is 5.60. The first-order chi connectivity index (χ1) is 4.45. The van der Waals surface area contributed by atoms with Gasteiger partial charge in [0, 0.05) is 17.5 Å².